The van der Waals surface area contributed by atoms with E-state index in [1.165, 1.54) is 6.26 Å². The van der Waals surface area contributed by atoms with Gasteiger partial charge in [-0.1, -0.05) is 35.6 Å². The lowest BCUT2D eigenvalue weighted by atomic mass is 10.1. The number of nitrogens with one attached hydrogen (secondary N) is 1. The Bertz CT molecular complexity index is 275. The van der Waals surface area contributed by atoms with Crippen LogP contribution in [-0.4, -0.2) is 30.9 Å². The molecule has 5 heteroatoms. The normalized spacial score (nSPS) is 14.3. The highest BCUT2D eigenvalue weighted by Crippen LogP contribution is 2.03. The van der Waals surface area contributed by atoms with E-state index in [4.69, 9.17) is 0 Å². The Morgan fingerprint density at radius 2 is 2.13 bits per heavy atom. The van der Waals surface area contributed by atoms with Gasteiger partial charge >= 0.3 is 0 Å². The Morgan fingerprint density at radius 1 is 1.47 bits per heavy atom. The molecule has 0 heterocycles. The topological polar surface area (TPSA) is 46.2 Å². The number of allylic oxidation sites excluding steroid dienone is 1. The fourth-order valence-corrected chi connectivity index (χ4v) is 2.19. The van der Waals surface area contributed by atoms with E-state index in [1.54, 1.807) is 0 Å². The Labute approximate surface area is 107 Å². The van der Waals surface area contributed by atoms with Gasteiger partial charge in [0.15, 0.2) is 0 Å². The molecule has 1 N–H and O–H groups in total. The van der Waals surface area contributed by atoms with Crippen molar-refractivity contribution in [3.8, 4) is 0 Å². The average Bonchev–Trinajstić information content (AvgIpc) is 2.14. The monoisotopic (exact) mass is 345 g/mol. The van der Waals surface area contributed by atoms with Gasteiger partial charge in [0.25, 0.3) is 0 Å². The quantitative estimate of drug-likeness (QED) is 0.542. The number of hydrogen-bond donors (Lipinski definition) is 1. The molecule has 3 nitrogen and oxygen atoms in total. The molecule has 0 aromatic heterocycles. The largest absolute Gasteiger partial charge is 0.388 e. The van der Waals surface area contributed by atoms with Gasteiger partial charge in [0.1, 0.15) is 9.84 Å². The van der Waals surface area contributed by atoms with Crippen molar-refractivity contribution < 1.29 is 8.42 Å². The summed E-state index contributed by atoms with van der Waals surface area (Å²) in [6.07, 6.45) is 7.98. The van der Waals surface area contributed by atoms with Gasteiger partial charge in [0, 0.05) is 22.5 Å². The molecule has 90 valence electrons. The van der Waals surface area contributed by atoms with Gasteiger partial charge in [0.2, 0.25) is 0 Å². The smallest absolute Gasteiger partial charge is 0.147 e. The summed E-state index contributed by atoms with van der Waals surface area (Å²) < 4.78 is 22.8. The zero-order chi connectivity index (χ0) is 11.7. The van der Waals surface area contributed by atoms with Crippen LogP contribution in [0.1, 0.15) is 26.2 Å². The third-order valence-corrected chi connectivity index (χ3v) is 3.64. The number of halogens is 1. The van der Waals surface area contributed by atoms with Crippen molar-refractivity contribution in [2.75, 3.05) is 16.4 Å². The molecular formula is C10H20INO2S. The number of hydrogen-bond acceptors (Lipinski definition) is 3. The van der Waals surface area contributed by atoms with Crippen LogP contribution in [0.2, 0.25) is 0 Å². The molecule has 0 aromatic rings. The second-order valence-electron chi connectivity index (χ2n) is 3.60. The molecule has 1 atom stereocenters. The number of alkyl halides is 1. The summed E-state index contributed by atoms with van der Waals surface area (Å²) in [6, 6.07) is 0.394. The fraction of sp³-hybridized carbons (Fsp3) is 0.800. The zero-order valence-corrected chi connectivity index (χ0v) is 12.3. The van der Waals surface area contributed by atoms with E-state index in [0.717, 1.165) is 23.7 Å². The molecule has 0 aromatic carbocycles. The van der Waals surface area contributed by atoms with Gasteiger partial charge in [-0.3, -0.25) is 0 Å². The first-order valence-electron chi connectivity index (χ1n) is 5.14. The van der Waals surface area contributed by atoms with Crippen molar-refractivity contribution in [1.82, 2.24) is 5.32 Å². The van der Waals surface area contributed by atoms with Gasteiger partial charge in [-0.15, -0.1) is 0 Å². The Morgan fingerprint density at radius 3 is 2.60 bits per heavy atom. The van der Waals surface area contributed by atoms with Crippen molar-refractivity contribution in [2.24, 2.45) is 0 Å². The first-order chi connectivity index (χ1) is 6.99. The molecule has 0 radical (unpaired) electrons. The van der Waals surface area contributed by atoms with Gasteiger partial charge in [-0.25, -0.2) is 8.42 Å². The molecule has 0 rings (SSSR count). The minimum absolute atomic E-state index is 0.293. The molecule has 0 aliphatic carbocycles. The molecule has 0 amide bonds. The van der Waals surface area contributed by atoms with Crippen LogP contribution in [0.3, 0.4) is 0 Å². The molecule has 0 aliphatic rings. The summed E-state index contributed by atoms with van der Waals surface area (Å²) in [7, 11) is -2.80. The lowest BCUT2D eigenvalue weighted by Crippen LogP contribution is -2.24. The third-order valence-electron chi connectivity index (χ3n) is 2.10. The van der Waals surface area contributed by atoms with Crippen LogP contribution in [0.4, 0.5) is 0 Å². The summed E-state index contributed by atoms with van der Waals surface area (Å²) in [6.45, 7) is 2.11. The summed E-state index contributed by atoms with van der Waals surface area (Å²) in [5.74, 6) is 0.293. The average molecular weight is 345 g/mol. The van der Waals surface area contributed by atoms with E-state index in [1.807, 2.05) is 6.20 Å². The Hall–Kier alpha value is 0.220. The summed E-state index contributed by atoms with van der Waals surface area (Å²) in [5, 5.41) is 3.28. The van der Waals surface area contributed by atoms with E-state index in [9.17, 15) is 8.42 Å². The third kappa shape index (κ3) is 10.5. The molecule has 1 unspecified atom stereocenters. The lowest BCUT2D eigenvalue weighted by Gasteiger charge is -2.14. The minimum Gasteiger partial charge on any atom is -0.388 e. The lowest BCUT2D eigenvalue weighted by molar-refractivity contribution is 0.517. The molecule has 0 spiro atoms. The highest BCUT2D eigenvalue weighted by molar-refractivity contribution is 14.1. The number of rotatable bonds is 8. The maximum Gasteiger partial charge on any atom is 0.147 e. The van der Waals surface area contributed by atoms with Crippen LogP contribution in [0.25, 0.3) is 0 Å². The highest BCUT2D eigenvalue weighted by Gasteiger charge is 2.06. The first-order valence-corrected chi connectivity index (χ1v) is 8.73. The Balaban J connectivity index is 3.75. The van der Waals surface area contributed by atoms with E-state index in [0.29, 0.717) is 11.8 Å². The van der Waals surface area contributed by atoms with E-state index >= 15 is 0 Å². The van der Waals surface area contributed by atoms with Crippen molar-refractivity contribution in [3.05, 3.63) is 12.3 Å². The van der Waals surface area contributed by atoms with E-state index in [-0.39, 0.29) is 0 Å². The van der Waals surface area contributed by atoms with Crippen molar-refractivity contribution >= 4 is 32.4 Å². The minimum atomic E-state index is -2.80. The van der Waals surface area contributed by atoms with Gasteiger partial charge in [-0.2, -0.15) is 0 Å². The highest BCUT2D eigenvalue weighted by atomic mass is 127. The summed E-state index contributed by atoms with van der Waals surface area (Å²) in [4.78, 5) is 0. The van der Waals surface area contributed by atoms with Crippen LogP contribution >= 0.6 is 22.6 Å². The summed E-state index contributed by atoms with van der Waals surface area (Å²) >= 11 is 2.28. The van der Waals surface area contributed by atoms with Crippen LogP contribution in [0, 0.1) is 0 Å². The summed E-state index contributed by atoms with van der Waals surface area (Å²) in [5.41, 5.74) is 0. The van der Waals surface area contributed by atoms with Crippen LogP contribution < -0.4 is 5.32 Å². The van der Waals surface area contributed by atoms with Gasteiger partial charge < -0.3 is 5.32 Å². The predicted molar refractivity (Wildman–Crippen MR) is 74.2 cm³/mol. The van der Waals surface area contributed by atoms with E-state index in [2.05, 4.69) is 40.9 Å². The zero-order valence-electron chi connectivity index (χ0n) is 9.37. The SMILES string of the molecule is CCC(CCCS(C)(=O)=O)N/C=C\CI. The van der Waals surface area contributed by atoms with Crippen LogP contribution in [0.5, 0.6) is 0 Å². The molecule has 0 fully saturated rings. The fourth-order valence-electron chi connectivity index (χ4n) is 1.25. The van der Waals surface area contributed by atoms with E-state index < -0.39 is 9.84 Å². The van der Waals surface area contributed by atoms with Crippen LogP contribution in [-0.2, 0) is 9.84 Å². The maximum atomic E-state index is 10.9. The second-order valence-corrected chi connectivity index (χ2v) is 6.74. The van der Waals surface area contributed by atoms with Crippen LogP contribution in [0.15, 0.2) is 12.3 Å². The molecule has 0 saturated heterocycles. The molecule has 0 bridgehead atoms. The molecular weight excluding hydrogens is 325 g/mol. The Kier molecular flexibility index (Phi) is 8.50. The first kappa shape index (κ1) is 15.2. The number of sulfone groups is 1. The van der Waals surface area contributed by atoms with Gasteiger partial charge in [0.05, 0.1) is 0 Å². The standard InChI is InChI=1S/C10H20INO2S/c1-3-10(12-8-5-7-11)6-4-9-15(2,13)14/h5,8,10,12H,3-4,6-7,9H2,1-2H3/b8-5-. The van der Waals surface area contributed by atoms with Crippen molar-refractivity contribution in [2.45, 2.75) is 32.2 Å². The second kappa shape index (κ2) is 8.38. The molecule has 0 saturated carbocycles. The van der Waals surface area contributed by atoms with Crippen molar-refractivity contribution in [1.29, 1.82) is 0 Å². The van der Waals surface area contributed by atoms with Gasteiger partial charge in [-0.05, 0) is 25.5 Å². The molecule has 15 heavy (non-hydrogen) atoms. The van der Waals surface area contributed by atoms with Crippen molar-refractivity contribution in [3.63, 3.8) is 0 Å². The molecule has 0 aliphatic heterocycles. The predicted octanol–water partition coefficient (Wildman–Crippen LogP) is 2.13. The maximum absolute atomic E-state index is 10.9.